The topological polar surface area (TPSA) is 55.1 Å². The highest BCUT2D eigenvalue weighted by Gasteiger charge is 2.28. The van der Waals surface area contributed by atoms with E-state index in [2.05, 4.69) is 5.32 Å². The Morgan fingerprint density at radius 2 is 2.11 bits per heavy atom. The van der Waals surface area contributed by atoms with Crippen LogP contribution in [0.15, 0.2) is 24.3 Å². The van der Waals surface area contributed by atoms with Gasteiger partial charge < -0.3 is 11.1 Å². The lowest BCUT2D eigenvalue weighted by atomic mass is 9.88. The molecule has 1 atom stereocenters. The van der Waals surface area contributed by atoms with E-state index in [9.17, 15) is 9.18 Å². The molecule has 1 aromatic carbocycles. The Morgan fingerprint density at radius 1 is 1.50 bits per heavy atom. The van der Waals surface area contributed by atoms with Crippen molar-refractivity contribution in [2.75, 3.05) is 6.54 Å². The maximum absolute atomic E-state index is 13.0. The molecule has 3 nitrogen and oxygen atoms in total. The first-order chi connectivity index (χ1) is 7.89. The Morgan fingerprint density at radius 3 is 2.56 bits per heavy atom. The zero-order chi connectivity index (χ0) is 13.1. The summed E-state index contributed by atoms with van der Waals surface area (Å²) in [5, 5.41) is 2.86. The number of rotatable bonds is 4. The molecule has 0 bridgehead atoms. The van der Waals surface area contributed by atoms with Crippen LogP contribution in [-0.2, 0) is 0 Å². The summed E-state index contributed by atoms with van der Waals surface area (Å²) in [6.07, 6.45) is 0. The lowest BCUT2D eigenvalue weighted by molar-refractivity contribution is 0.0882. The van der Waals surface area contributed by atoms with Crippen LogP contribution in [0.4, 0.5) is 4.39 Å². The Bertz CT molecular complexity index is 412. The largest absolute Gasteiger partial charge is 0.345 e. The van der Waals surface area contributed by atoms with Crippen LogP contribution >= 0.6 is 12.4 Å². The summed E-state index contributed by atoms with van der Waals surface area (Å²) in [4.78, 5) is 11.9. The van der Waals surface area contributed by atoms with Gasteiger partial charge in [0.1, 0.15) is 5.82 Å². The molecule has 1 unspecified atom stereocenters. The molecule has 1 amide bonds. The molecule has 0 heterocycles. The lowest BCUT2D eigenvalue weighted by Crippen LogP contribution is -2.55. The van der Waals surface area contributed by atoms with Crippen LogP contribution in [-0.4, -0.2) is 18.0 Å². The predicted molar refractivity (Wildman–Crippen MR) is 73.4 cm³/mol. The number of hydrogen-bond donors (Lipinski definition) is 2. The van der Waals surface area contributed by atoms with Gasteiger partial charge in [0.25, 0.3) is 5.91 Å². The third-order valence-electron chi connectivity index (χ3n) is 3.18. The van der Waals surface area contributed by atoms with Crippen molar-refractivity contribution in [3.8, 4) is 0 Å². The molecule has 0 saturated carbocycles. The summed E-state index contributed by atoms with van der Waals surface area (Å²) < 4.78 is 13.0. The molecule has 102 valence electrons. The second-order valence-electron chi connectivity index (χ2n) is 4.74. The third-order valence-corrected chi connectivity index (χ3v) is 3.18. The number of carbonyl (C=O) groups excluding carboxylic acids is 1. The van der Waals surface area contributed by atoms with Crippen molar-refractivity contribution >= 4 is 18.3 Å². The van der Waals surface area contributed by atoms with Gasteiger partial charge in [-0.2, -0.15) is 0 Å². The predicted octanol–water partition coefficient (Wildman–Crippen LogP) is 2.35. The Kier molecular flexibility index (Phi) is 6.29. The maximum atomic E-state index is 13.0. The summed E-state index contributed by atoms with van der Waals surface area (Å²) in [6, 6.07) is 5.61. The molecule has 1 aromatic rings. The molecule has 0 radical (unpaired) electrons. The third kappa shape index (κ3) is 3.96. The fourth-order valence-electron chi connectivity index (χ4n) is 1.39. The van der Waals surface area contributed by atoms with Crippen molar-refractivity contribution in [1.29, 1.82) is 0 Å². The van der Waals surface area contributed by atoms with Gasteiger partial charge in [0.2, 0.25) is 0 Å². The monoisotopic (exact) mass is 274 g/mol. The first kappa shape index (κ1) is 16.9. The molecule has 0 spiro atoms. The Balaban J connectivity index is 0.00000289. The zero-order valence-electron chi connectivity index (χ0n) is 10.9. The summed E-state index contributed by atoms with van der Waals surface area (Å²) >= 11 is 0. The number of benzene rings is 1. The highest BCUT2D eigenvalue weighted by atomic mass is 35.5. The summed E-state index contributed by atoms with van der Waals surface area (Å²) in [5.74, 6) is -0.521. The van der Waals surface area contributed by atoms with Crippen molar-refractivity contribution < 1.29 is 9.18 Å². The fourth-order valence-corrected chi connectivity index (χ4v) is 1.39. The highest BCUT2D eigenvalue weighted by Crippen LogP contribution is 2.16. The zero-order valence-corrected chi connectivity index (χ0v) is 11.7. The summed E-state index contributed by atoms with van der Waals surface area (Å²) in [5.41, 5.74) is 5.50. The van der Waals surface area contributed by atoms with Crippen LogP contribution in [0.1, 0.15) is 31.1 Å². The van der Waals surface area contributed by atoms with E-state index in [1.165, 1.54) is 18.2 Å². The van der Waals surface area contributed by atoms with Gasteiger partial charge in [-0.1, -0.05) is 19.9 Å². The minimum atomic E-state index is -0.483. The van der Waals surface area contributed by atoms with Gasteiger partial charge >= 0.3 is 0 Å². The van der Waals surface area contributed by atoms with E-state index in [0.717, 1.165) is 0 Å². The fraction of sp³-hybridized carbons (Fsp3) is 0.462. The van der Waals surface area contributed by atoms with Crippen molar-refractivity contribution in [3.05, 3.63) is 35.6 Å². The highest BCUT2D eigenvalue weighted by molar-refractivity contribution is 5.94. The van der Waals surface area contributed by atoms with Crippen LogP contribution in [0, 0.1) is 11.7 Å². The van der Waals surface area contributed by atoms with Gasteiger partial charge in [-0.3, -0.25) is 4.79 Å². The number of nitrogens with two attached hydrogens (primary N) is 1. The quantitative estimate of drug-likeness (QED) is 0.886. The number of carbonyl (C=O) groups is 1. The van der Waals surface area contributed by atoms with Crippen molar-refractivity contribution in [2.45, 2.75) is 26.3 Å². The standard InChI is InChI=1S/C13H19FN2O.ClH/c1-9(2)13(3,8-15)16-12(17)10-5-4-6-11(14)7-10;/h4-7,9H,8,15H2,1-3H3,(H,16,17);1H. The van der Waals surface area contributed by atoms with Gasteiger partial charge in [-0.25, -0.2) is 4.39 Å². The van der Waals surface area contributed by atoms with Crippen LogP contribution in [0.2, 0.25) is 0 Å². The van der Waals surface area contributed by atoms with E-state index >= 15 is 0 Å². The molecule has 0 aromatic heterocycles. The Hall–Kier alpha value is -1.13. The van der Waals surface area contributed by atoms with E-state index in [1.54, 1.807) is 6.07 Å². The van der Waals surface area contributed by atoms with Gasteiger partial charge in [0.15, 0.2) is 0 Å². The lowest BCUT2D eigenvalue weighted by Gasteiger charge is -2.33. The molecular weight excluding hydrogens is 255 g/mol. The van der Waals surface area contributed by atoms with Gasteiger partial charge in [-0.15, -0.1) is 12.4 Å². The smallest absolute Gasteiger partial charge is 0.251 e. The van der Waals surface area contributed by atoms with Crippen molar-refractivity contribution in [1.82, 2.24) is 5.32 Å². The molecule has 5 heteroatoms. The maximum Gasteiger partial charge on any atom is 0.251 e. The van der Waals surface area contributed by atoms with E-state index in [-0.39, 0.29) is 24.2 Å². The molecule has 3 N–H and O–H groups in total. The van der Waals surface area contributed by atoms with E-state index < -0.39 is 11.4 Å². The molecule has 1 rings (SSSR count). The normalized spacial score (nSPS) is 13.7. The number of hydrogen-bond acceptors (Lipinski definition) is 2. The molecule has 0 saturated heterocycles. The molecule has 0 aliphatic heterocycles. The summed E-state index contributed by atoms with van der Waals surface area (Å²) in [6.45, 7) is 6.19. The first-order valence-electron chi connectivity index (χ1n) is 5.67. The number of amides is 1. The van der Waals surface area contributed by atoms with Crippen LogP contribution in [0.25, 0.3) is 0 Å². The van der Waals surface area contributed by atoms with Gasteiger partial charge in [0, 0.05) is 12.1 Å². The van der Waals surface area contributed by atoms with Crippen molar-refractivity contribution in [3.63, 3.8) is 0 Å². The van der Waals surface area contributed by atoms with Crippen LogP contribution < -0.4 is 11.1 Å². The SMILES string of the molecule is CC(C)C(C)(CN)NC(=O)c1cccc(F)c1.Cl. The van der Waals surface area contributed by atoms with Gasteiger partial charge in [0.05, 0.1) is 5.54 Å². The van der Waals surface area contributed by atoms with Crippen LogP contribution in [0.5, 0.6) is 0 Å². The first-order valence-corrected chi connectivity index (χ1v) is 5.67. The van der Waals surface area contributed by atoms with E-state index in [4.69, 9.17) is 5.73 Å². The second-order valence-corrected chi connectivity index (χ2v) is 4.74. The molecule has 0 aliphatic rings. The molecular formula is C13H20ClFN2O. The second kappa shape index (κ2) is 6.71. The minimum absolute atomic E-state index is 0. The van der Waals surface area contributed by atoms with Crippen molar-refractivity contribution in [2.24, 2.45) is 11.7 Å². The molecule has 18 heavy (non-hydrogen) atoms. The minimum Gasteiger partial charge on any atom is -0.345 e. The summed E-state index contributed by atoms with van der Waals surface area (Å²) in [7, 11) is 0. The Labute approximate surface area is 113 Å². The molecule has 0 fully saturated rings. The van der Waals surface area contributed by atoms with E-state index in [0.29, 0.717) is 12.1 Å². The van der Waals surface area contributed by atoms with E-state index in [1.807, 2.05) is 20.8 Å². The number of halogens is 2. The number of nitrogens with one attached hydrogen (secondary N) is 1. The molecule has 0 aliphatic carbocycles. The van der Waals surface area contributed by atoms with Gasteiger partial charge in [-0.05, 0) is 31.0 Å². The average molecular weight is 275 g/mol. The average Bonchev–Trinajstić information content (AvgIpc) is 2.28. The van der Waals surface area contributed by atoms with Crippen LogP contribution in [0.3, 0.4) is 0 Å².